The first-order valence-electron chi connectivity index (χ1n) is 13.7. The molecule has 0 bridgehead atoms. The van der Waals surface area contributed by atoms with Gasteiger partial charge in [0.25, 0.3) is 5.56 Å². The van der Waals surface area contributed by atoms with Crippen LogP contribution in [0.2, 0.25) is 0 Å². The SMILES string of the molecule is C[C@H](CC1CCCCC1)C(=O)N1CC[C@](O)(Cn2cc(-n3ncc4ccccc43)ncc2=O)C(C)(C)C1. The first kappa shape index (κ1) is 25.6. The lowest BCUT2D eigenvalue weighted by Crippen LogP contribution is -2.61. The number of fused-ring (bicyclic) bond motifs is 1. The van der Waals surface area contributed by atoms with Gasteiger partial charge in [0, 0.05) is 29.8 Å². The van der Waals surface area contributed by atoms with Crippen LogP contribution in [0.15, 0.2) is 47.7 Å². The number of amides is 1. The summed E-state index contributed by atoms with van der Waals surface area (Å²) in [6, 6.07) is 7.82. The van der Waals surface area contributed by atoms with Gasteiger partial charge < -0.3 is 14.6 Å². The van der Waals surface area contributed by atoms with E-state index in [1.165, 1.54) is 42.9 Å². The first-order chi connectivity index (χ1) is 17.7. The van der Waals surface area contributed by atoms with E-state index in [0.29, 0.717) is 31.2 Å². The average molecular weight is 506 g/mol. The maximum atomic E-state index is 13.3. The highest BCUT2D eigenvalue weighted by Gasteiger charge is 2.49. The molecule has 0 spiro atoms. The molecule has 2 aromatic heterocycles. The summed E-state index contributed by atoms with van der Waals surface area (Å²) in [6.45, 7) is 7.13. The molecular weight excluding hydrogens is 466 g/mol. The van der Waals surface area contributed by atoms with E-state index < -0.39 is 11.0 Å². The molecule has 1 amide bonds. The van der Waals surface area contributed by atoms with Gasteiger partial charge in [-0.25, -0.2) is 9.67 Å². The third-order valence-electron chi connectivity index (χ3n) is 8.77. The predicted octanol–water partition coefficient (Wildman–Crippen LogP) is 4.18. The van der Waals surface area contributed by atoms with E-state index in [-0.39, 0.29) is 23.9 Å². The molecule has 0 radical (unpaired) electrons. The van der Waals surface area contributed by atoms with Crippen molar-refractivity contribution in [3.8, 4) is 5.82 Å². The summed E-state index contributed by atoms with van der Waals surface area (Å²) in [7, 11) is 0. The fourth-order valence-electron chi connectivity index (χ4n) is 6.28. The number of benzene rings is 1. The van der Waals surface area contributed by atoms with Gasteiger partial charge >= 0.3 is 0 Å². The Balaban J connectivity index is 1.31. The molecule has 37 heavy (non-hydrogen) atoms. The highest BCUT2D eigenvalue weighted by molar-refractivity contribution is 5.80. The van der Waals surface area contributed by atoms with Crippen LogP contribution in [0.3, 0.4) is 0 Å². The summed E-state index contributed by atoms with van der Waals surface area (Å²) in [5.41, 5.74) is -1.12. The normalized spacial score (nSPS) is 23.3. The lowest BCUT2D eigenvalue weighted by molar-refractivity contribution is -0.157. The van der Waals surface area contributed by atoms with Gasteiger partial charge in [0.2, 0.25) is 5.91 Å². The van der Waals surface area contributed by atoms with Crippen LogP contribution in [0.25, 0.3) is 16.7 Å². The van der Waals surface area contributed by atoms with E-state index in [1.807, 2.05) is 43.0 Å². The van der Waals surface area contributed by atoms with Gasteiger partial charge in [0.05, 0.1) is 36.3 Å². The van der Waals surface area contributed by atoms with Crippen LogP contribution in [0.4, 0.5) is 0 Å². The molecule has 2 fully saturated rings. The number of para-hydroxylation sites is 1. The summed E-state index contributed by atoms with van der Waals surface area (Å²) in [5, 5.41) is 17.3. The zero-order valence-corrected chi connectivity index (χ0v) is 22.3. The molecule has 2 atom stereocenters. The summed E-state index contributed by atoms with van der Waals surface area (Å²) in [6.07, 6.45) is 12.4. The fraction of sp³-hybridized carbons (Fsp3) is 0.586. The maximum Gasteiger partial charge on any atom is 0.269 e. The first-order valence-corrected chi connectivity index (χ1v) is 13.7. The van der Waals surface area contributed by atoms with Gasteiger partial charge in [-0.1, -0.05) is 71.1 Å². The van der Waals surface area contributed by atoms with Crippen LogP contribution in [-0.2, 0) is 11.3 Å². The van der Waals surface area contributed by atoms with Crippen molar-refractivity contribution in [1.29, 1.82) is 0 Å². The molecule has 1 aliphatic heterocycles. The summed E-state index contributed by atoms with van der Waals surface area (Å²) >= 11 is 0. The number of aliphatic hydroxyl groups is 1. The molecule has 5 rings (SSSR count). The smallest absolute Gasteiger partial charge is 0.269 e. The van der Waals surface area contributed by atoms with E-state index in [2.05, 4.69) is 17.0 Å². The zero-order valence-electron chi connectivity index (χ0n) is 22.3. The second-order valence-corrected chi connectivity index (χ2v) is 11.9. The zero-order chi connectivity index (χ0) is 26.2. The van der Waals surface area contributed by atoms with Crippen LogP contribution in [0, 0.1) is 17.3 Å². The number of rotatable bonds is 6. The van der Waals surface area contributed by atoms with Crippen molar-refractivity contribution in [2.75, 3.05) is 13.1 Å². The Morgan fingerprint density at radius 3 is 2.68 bits per heavy atom. The Bertz CT molecular complexity index is 1320. The lowest BCUT2D eigenvalue weighted by Gasteiger charge is -2.51. The van der Waals surface area contributed by atoms with Crippen molar-refractivity contribution >= 4 is 16.8 Å². The summed E-state index contributed by atoms with van der Waals surface area (Å²) in [4.78, 5) is 32.4. The van der Waals surface area contributed by atoms with E-state index in [0.717, 1.165) is 17.3 Å². The third-order valence-corrected chi connectivity index (χ3v) is 8.77. The predicted molar refractivity (Wildman–Crippen MR) is 143 cm³/mol. The Labute approximate surface area is 218 Å². The minimum absolute atomic E-state index is 0.000591. The van der Waals surface area contributed by atoms with Crippen LogP contribution in [-0.4, -0.2) is 53.9 Å². The van der Waals surface area contributed by atoms with Crippen LogP contribution in [0.1, 0.15) is 65.7 Å². The largest absolute Gasteiger partial charge is 0.387 e. The number of piperidine rings is 1. The molecule has 1 aromatic carbocycles. The van der Waals surface area contributed by atoms with E-state index in [4.69, 9.17) is 0 Å². The highest BCUT2D eigenvalue weighted by atomic mass is 16.3. The standard InChI is InChI=1S/C29H39N5O3/c1-21(15-22-9-5-4-6-10-22)27(36)32-14-13-29(37,28(2,3)19-32)20-33-18-25(30-17-26(33)35)34-24-12-8-7-11-23(24)16-31-34/h7-8,11-12,16-18,21-22,37H,4-6,9-10,13-15,19-20H2,1-3H3/t21-,29+/m1/s1. The van der Waals surface area contributed by atoms with Gasteiger partial charge in [-0.3, -0.25) is 9.59 Å². The maximum absolute atomic E-state index is 13.3. The highest BCUT2D eigenvalue weighted by Crippen LogP contribution is 2.40. The van der Waals surface area contributed by atoms with Gasteiger partial charge in [-0.2, -0.15) is 5.10 Å². The molecule has 198 valence electrons. The van der Waals surface area contributed by atoms with Gasteiger partial charge in [0.15, 0.2) is 5.82 Å². The second-order valence-electron chi connectivity index (χ2n) is 11.9. The summed E-state index contributed by atoms with van der Waals surface area (Å²) < 4.78 is 3.24. The number of aromatic nitrogens is 4. The Morgan fingerprint density at radius 1 is 1.16 bits per heavy atom. The fourth-order valence-corrected chi connectivity index (χ4v) is 6.28. The van der Waals surface area contributed by atoms with E-state index in [9.17, 15) is 14.7 Å². The minimum atomic E-state index is -1.15. The average Bonchev–Trinajstić information content (AvgIpc) is 3.31. The molecule has 1 N–H and O–H groups in total. The number of likely N-dealkylation sites (tertiary alicyclic amines) is 1. The van der Waals surface area contributed by atoms with Gasteiger partial charge in [-0.15, -0.1) is 0 Å². The molecule has 1 saturated carbocycles. The molecule has 3 aromatic rings. The molecule has 3 heterocycles. The van der Waals surface area contributed by atoms with Crippen molar-refractivity contribution in [2.24, 2.45) is 17.3 Å². The monoisotopic (exact) mass is 505 g/mol. The Kier molecular flexibility index (Phi) is 6.96. The van der Waals surface area contributed by atoms with Crippen LogP contribution < -0.4 is 5.56 Å². The van der Waals surface area contributed by atoms with Crippen molar-refractivity contribution in [3.05, 3.63) is 53.2 Å². The van der Waals surface area contributed by atoms with Crippen molar-refractivity contribution in [2.45, 2.75) is 77.9 Å². The number of hydrogen-bond acceptors (Lipinski definition) is 5. The van der Waals surface area contributed by atoms with Crippen molar-refractivity contribution in [1.82, 2.24) is 24.2 Å². The molecular formula is C29H39N5O3. The number of carbonyl (C=O) groups is 1. The molecule has 8 nitrogen and oxygen atoms in total. The lowest BCUT2D eigenvalue weighted by atomic mass is 9.69. The third kappa shape index (κ3) is 5.08. The number of carbonyl (C=O) groups excluding carboxylic acids is 1. The van der Waals surface area contributed by atoms with Crippen LogP contribution in [0.5, 0.6) is 0 Å². The van der Waals surface area contributed by atoms with Crippen molar-refractivity contribution in [3.63, 3.8) is 0 Å². The molecule has 0 unspecified atom stereocenters. The Morgan fingerprint density at radius 2 is 1.92 bits per heavy atom. The summed E-state index contributed by atoms with van der Waals surface area (Å²) in [5.74, 6) is 1.36. The molecule has 1 saturated heterocycles. The molecule has 1 aliphatic carbocycles. The second kappa shape index (κ2) is 10.0. The number of hydrogen-bond donors (Lipinski definition) is 1. The van der Waals surface area contributed by atoms with Gasteiger partial charge in [0.1, 0.15) is 0 Å². The topological polar surface area (TPSA) is 93.2 Å². The van der Waals surface area contributed by atoms with E-state index >= 15 is 0 Å². The van der Waals surface area contributed by atoms with E-state index in [1.54, 1.807) is 17.1 Å². The van der Waals surface area contributed by atoms with Crippen LogP contribution >= 0.6 is 0 Å². The molecule has 2 aliphatic rings. The minimum Gasteiger partial charge on any atom is -0.387 e. The Hall–Kier alpha value is -3.00. The number of nitrogens with zero attached hydrogens (tertiary/aromatic N) is 5. The molecule has 8 heteroatoms. The van der Waals surface area contributed by atoms with Gasteiger partial charge in [-0.05, 0) is 24.8 Å². The quantitative estimate of drug-likeness (QED) is 0.543. The van der Waals surface area contributed by atoms with Crippen molar-refractivity contribution < 1.29 is 9.90 Å².